The van der Waals surface area contributed by atoms with Gasteiger partial charge in [-0.05, 0) is 39.9 Å². The number of methoxy groups -OCH3 is 1. The lowest BCUT2D eigenvalue weighted by atomic mass is 10.0. The molecule has 1 saturated heterocycles. The quantitative estimate of drug-likeness (QED) is 0.412. The van der Waals surface area contributed by atoms with Crippen LogP contribution in [0.5, 0.6) is 5.75 Å². The first-order valence-electron chi connectivity index (χ1n) is 9.15. The summed E-state index contributed by atoms with van der Waals surface area (Å²) < 4.78 is 11.4. The summed E-state index contributed by atoms with van der Waals surface area (Å²) in [5, 5.41) is 50.8. The molecule has 11 heteroatoms. The van der Waals surface area contributed by atoms with Crippen molar-refractivity contribution in [3.05, 3.63) is 34.3 Å². The predicted molar refractivity (Wildman–Crippen MR) is 120 cm³/mol. The van der Waals surface area contributed by atoms with Crippen LogP contribution in [0.25, 0.3) is 11.1 Å². The van der Waals surface area contributed by atoms with E-state index >= 15 is 0 Å². The number of nitrogens with zero attached hydrogens (tertiary/aromatic N) is 2. The van der Waals surface area contributed by atoms with E-state index in [-0.39, 0.29) is 5.56 Å². The molecule has 4 N–H and O–H groups in total. The van der Waals surface area contributed by atoms with Crippen molar-refractivity contribution in [2.45, 2.75) is 39.9 Å². The van der Waals surface area contributed by atoms with Crippen molar-refractivity contribution in [3.8, 4) is 22.9 Å². The molecular weight excluding hydrogens is 508 g/mol. The van der Waals surface area contributed by atoms with Gasteiger partial charge in [0.2, 0.25) is 0 Å². The lowest BCUT2D eigenvalue weighted by molar-refractivity contribution is -0.205. The number of nitriles is 1. The maximum Gasteiger partial charge on any atom is 0.138 e. The molecule has 1 aromatic carbocycles. The Labute approximate surface area is 196 Å². The third-order valence-corrected chi connectivity index (χ3v) is 7.69. The zero-order chi connectivity index (χ0) is 22.7. The Balaban J connectivity index is 2.07. The van der Waals surface area contributed by atoms with Gasteiger partial charge in [-0.15, -0.1) is 11.8 Å². The van der Waals surface area contributed by atoms with Gasteiger partial charge in [-0.25, -0.2) is 4.98 Å². The summed E-state index contributed by atoms with van der Waals surface area (Å²) in [6, 6.07) is 9.40. The van der Waals surface area contributed by atoms with Crippen LogP contribution in [-0.4, -0.2) is 75.2 Å². The highest BCUT2D eigenvalue weighted by Crippen LogP contribution is 2.43. The van der Waals surface area contributed by atoms with E-state index in [1.165, 1.54) is 11.8 Å². The maximum absolute atomic E-state index is 10.4. The van der Waals surface area contributed by atoms with E-state index in [0.29, 0.717) is 25.8 Å². The van der Waals surface area contributed by atoms with Crippen LogP contribution in [0.15, 0.2) is 38.8 Å². The van der Waals surface area contributed by atoms with E-state index in [1.807, 2.05) is 18.4 Å². The first-order chi connectivity index (χ1) is 14.9. The van der Waals surface area contributed by atoms with Crippen LogP contribution in [-0.2, 0) is 4.74 Å². The van der Waals surface area contributed by atoms with E-state index < -0.39 is 36.5 Å². The molecule has 0 spiro atoms. The Morgan fingerprint density at radius 3 is 2.39 bits per heavy atom. The molecule has 2 heterocycles. The van der Waals surface area contributed by atoms with Crippen molar-refractivity contribution >= 4 is 39.5 Å². The van der Waals surface area contributed by atoms with Gasteiger partial charge in [-0.2, -0.15) is 5.26 Å². The molecule has 2 aromatic rings. The first-order valence-corrected chi connectivity index (χ1v) is 12.0. The van der Waals surface area contributed by atoms with Gasteiger partial charge >= 0.3 is 0 Å². The van der Waals surface area contributed by atoms with Crippen LogP contribution in [0.4, 0.5) is 0 Å². The molecule has 5 atom stereocenters. The van der Waals surface area contributed by atoms with Crippen molar-refractivity contribution in [1.82, 2.24) is 4.98 Å². The average molecular weight is 529 g/mol. The van der Waals surface area contributed by atoms with E-state index in [0.717, 1.165) is 17.3 Å². The molecule has 3 rings (SSSR count). The summed E-state index contributed by atoms with van der Waals surface area (Å²) in [6.07, 6.45) is -3.61. The molecule has 31 heavy (non-hydrogen) atoms. The summed E-state index contributed by atoms with van der Waals surface area (Å²) >= 11 is 5.89. The van der Waals surface area contributed by atoms with E-state index in [2.05, 4.69) is 27.0 Å². The number of hydrogen-bond acceptors (Lipinski definition) is 10. The number of thioether (sulfide) groups is 2. The third kappa shape index (κ3) is 4.86. The van der Waals surface area contributed by atoms with Crippen LogP contribution < -0.4 is 4.74 Å². The molecule has 0 radical (unpaired) electrons. The fourth-order valence-electron chi connectivity index (χ4n) is 3.15. The number of aromatic nitrogens is 1. The summed E-state index contributed by atoms with van der Waals surface area (Å²) in [4.78, 5) is 4.54. The Bertz CT molecular complexity index is 970. The van der Waals surface area contributed by atoms with Gasteiger partial charge in [0, 0.05) is 5.56 Å². The van der Waals surface area contributed by atoms with Crippen LogP contribution >= 0.6 is 39.5 Å². The minimum absolute atomic E-state index is 0.261. The molecule has 1 fully saturated rings. The third-order valence-electron chi connectivity index (χ3n) is 4.83. The SMILES string of the molecule is COc1ccc(-c2c(Br)c(SC)nc(SC3OC(CO)C(O)C(O)C3O)c2C#N)cc1. The molecule has 5 unspecified atom stereocenters. The van der Waals surface area contributed by atoms with Crippen LogP contribution in [0.3, 0.4) is 0 Å². The molecule has 166 valence electrons. The van der Waals surface area contributed by atoms with Crippen LogP contribution in [0.1, 0.15) is 5.56 Å². The summed E-state index contributed by atoms with van der Waals surface area (Å²) in [6.45, 7) is -0.534. The Morgan fingerprint density at radius 2 is 1.84 bits per heavy atom. The number of aliphatic hydroxyl groups excluding tert-OH is 4. The zero-order valence-corrected chi connectivity index (χ0v) is 19.8. The average Bonchev–Trinajstić information content (AvgIpc) is 2.79. The predicted octanol–water partition coefficient (Wildman–Crippen LogP) is 2.01. The number of halogens is 1. The van der Waals surface area contributed by atoms with Crippen molar-refractivity contribution < 1.29 is 29.9 Å². The standard InChI is InChI=1S/C20H21BrN2O6S2/c1-28-10-5-3-9(4-6-10)13-11(7-22)18(23-19(30-2)14(13)21)31-20-17(27)16(26)15(25)12(8-24)29-20/h3-6,12,15-17,20,24-27H,8H2,1-2H3. The second-order valence-corrected chi connectivity index (χ2v) is 9.32. The highest BCUT2D eigenvalue weighted by atomic mass is 79.9. The minimum atomic E-state index is -1.51. The van der Waals surface area contributed by atoms with Gasteiger partial charge in [0.05, 0.1) is 23.8 Å². The molecule has 8 nitrogen and oxygen atoms in total. The van der Waals surface area contributed by atoms with Gasteiger partial charge in [0.25, 0.3) is 0 Å². The fraction of sp³-hybridized carbons (Fsp3) is 0.400. The molecular formula is C20H21BrN2O6S2. The van der Waals surface area contributed by atoms with Crippen molar-refractivity contribution in [3.63, 3.8) is 0 Å². The Morgan fingerprint density at radius 1 is 1.16 bits per heavy atom. The van der Waals surface area contributed by atoms with Crippen molar-refractivity contribution in [2.24, 2.45) is 0 Å². The molecule has 0 saturated carbocycles. The second kappa shape index (κ2) is 10.5. The van der Waals surface area contributed by atoms with Crippen LogP contribution in [0.2, 0.25) is 0 Å². The number of ether oxygens (including phenoxy) is 2. The van der Waals surface area contributed by atoms with Crippen LogP contribution in [0, 0.1) is 11.3 Å². The van der Waals surface area contributed by atoms with Gasteiger partial charge in [-0.1, -0.05) is 23.9 Å². The largest absolute Gasteiger partial charge is 0.497 e. The van der Waals surface area contributed by atoms with Gasteiger partial charge < -0.3 is 29.9 Å². The second-order valence-electron chi connectivity index (χ2n) is 6.65. The molecule has 0 amide bonds. The highest BCUT2D eigenvalue weighted by Gasteiger charge is 2.44. The summed E-state index contributed by atoms with van der Waals surface area (Å²) in [5.41, 5.74) is 0.598. The smallest absolute Gasteiger partial charge is 0.138 e. The van der Waals surface area contributed by atoms with Gasteiger partial charge in [0.15, 0.2) is 0 Å². The fourth-order valence-corrected chi connectivity index (χ4v) is 5.80. The van der Waals surface area contributed by atoms with E-state index in [9.17, 15) is 25.7 Å². The maximum atomic E-state index is 10.4. The number of benzene rings is 1. The number of aliphatic hydroxyl groups is 4. The van der Waals surface area contributed by atoms with Gasteiger partial charge in [-0.3, -0.25) is 0 Å². The number of rotatable bonds is 6. The minimum Gasteiger partial charge on any atom is -0.497 e. The highest BCUT2D eigenvalue weighted by molar-refractivity contribution is 9.10. The van der Waals surface area contributed by atoms with E-state index in [1.54, 1.807) is 19.2 Å². The summed E-state index contributed by atoms with van der Waals surface area (Å²) in [7, 11) is 1.57. The molecule has 0 aliphatic carbocycles. The zero-order valence-electron chi connectivity index (χ0n) is 16.6. The van der Waals surface area contributed by atoms with Gasteiger partial charge in [0.1, 0.15) is 51.7 Å². The molecule has 1 aliphatic heterocycles. The Kier molecular flexibility index (Phi) is 8.23. The number of hydrogen-bond donors (Lipinski definition) is 4. The normalized spacial score (nSPS) is 25.8. The summed E-state index contributed by atoms with van der Waals surface area (Å²) in [5.74, 6) is 0.674. The molecule has 0 bridgehead atoms. The monoisotopic (exact) mass is 528 g/mol. The lowest BCUT2D eigenvalue weighted by Crippen LogP contribution is -2.57. The number of pyridine rings is 1. The lowest BCUT2D eigenvalue weighted by Gasteiger charge is -2.39. The molecule has 1 aliphatic rings. The Hall–Kier alpha value is -1.36. The first kappa shape index (κ1) is 24.3. The van der Waals surface area contributed by atoms with Crippen molar-refractivity contribution in [2.75, 3.05) is 20.0 Å². The van der Waals surface area contributed by atoms with E-state index in [4.69, 9.17) is 9.47 Å². The van der Waals surface area contributed by atoms with Crippen molar-refractivity contribution in [1.29, 1.82) is 5.26 Å². The topological polar surface area (TPSA) is 136 Å². The molecule has 1 aromatic heterocycles.